The Hall–Kier alpha value is -1.09. The highest BCUT2D eigenvalue weighted by atomic mass is 32.2. The number of rotatable bonds is 2. The minimum Gasteiger partial charge on any atom is -0.245 e. The minimum absolute atomic E-state index is 0.821. The second kappa shape index (κ2) is 4.83. The first-order chi connectivity index (χ1) is 7.68. The summed E-state index contributed by atoms with van der Waals surface area (Å²) in [4.78, 5) is 0.821. The topological polar surface area (TPSA) is 29.4 Å². The summed E-state index contributed by atoms with van der Waals surface area (Å²) in [5, 5.41) is 0. The molecule has 2 rings (SSSR count). The Kier molecular flexibility index (Phi) is 3.44. The summed E-state index contributed by atoms with van der Waals surface area (Å²) in [6, 6.07) is 9.51. The number of hydrogen-bond donors (Lipinski definition) is 0. The lowest BCUT2D eigenvalue weighted by atomic mass is 10.1. The Balaban J connectivity index is 2.35. The van der Waals surface area contributed by atoms with Crippen LogP contribution in [0.3, 0.4) is 0 Å². The zero-order valence-corrected chi connectivity index (χ0v) is 10.4. The molecular formula is C13H17NOS. The molecule has 1 aromatic rings. The van der Waals surface area contributed by atoms with Crippen LogP contribution in [0.1, 0.15) is 25.7 Å². The van der Waals surface area contributed by atoms with Crippen molar-refractivity contribution >= 4 is 9.73 Å². The fourth-order valence-corrected chi connectivity index (χ4v) is 3.23. The maximum absolute atomic E-state index is 12.4. The second-order valence-corrected chi connectivity index (χ2v) is 6.41. The highest BCUT2D eigenvalue weighted by Crippen LogP contribution is 2.21. The van der Waals surface area contributed by atoms with Crippen LogP contribution in [0.25, 0.3) is 0 Å². The van der Waals surface area contributed by atoms with Crippen LogP contribution in [0.4, 0.5) is 0 Å². The molecule has 3 heteroatoms. The van der Waals surface area contributed by atoms with Crippen molar-refractivity contribution in [3.05, 3.63) is 42.1 Å². The van der Waals surface area contributed by atoms with Gasteiger partial charge in [-0.3, -0.25) is 0 Å². The molecule has 16 heavy (non-hydrogen) atoms. The first-order valence-corrected chi connectivity index (χ1v) is 7.57. The Morgan fingerprint density at radius 3 is 2.56 bits per heavy atom. The van der Waals surface area contributed by atoms with Gasteiger partial charge in [0.1, 0.15) is 0 Å². The summed E-state index contributed by atoms with van der Waals surface area (Å²) < 4.78 is 16.9. The van der Waals surface area contributed by atoms with Crippen molar-refractivity contribution in [3.63, 3.8) is 0 Å². The Bertz CT molecular complexity index is 496. The van der Waals surface area contributed by atoms with Crippen LogP contribution in [0.15, 0.2) is 51.4 Å². The number of hydrogen-bond acceptors (Lipinski definition) is 2. The lowest BCUT2D eigenvalue weighted by Gasteiger charge is -2.10. The van der Waals surface area contributed by atoms with E-state index in [2.05, 4.69) is 10.4 Å². The van der Waals surface area contributed by atoms with Gasteiger partial charge in [-0.1, -0.05) is 24.3 Å². The fourth-order valence-electron chi connectivity index (χ4n) is 1.85. The predicted molar refractivity (Wildman–Crippen MR) is 67.8 cm³/mol. The molecule has 0 bridgehead atoms. The molecular weight excluding hydrogens is 218 g/mol. The van der Waals surface area contributed by atoms with Crippen LogP contribution in [0.2, 0.25) is 0 Å². The largest absolute Gasteiger partial charge is 0.245 e. The van der Waals surface area contributed by atoms with Crippen LogP contribution in [-0.2, 0) is 9.73 Å². The summed E-state index contributed by atoms with van der Waals surface area (Å²) in [6.45, 7) is 0. The quantitative estimate of drug-likeness (QED) is 0.770. The molecule has 0 amide bonds. The van der Waals surface area contributed by atoms with Crippen LogP contribution in [0.5, 0.6) is 0 Å². The van der Waals surface area contributed by atoms with Gasteiger partial charge in [0.25, 0.3) is 0 Å². The highest BCUT2D eigenvalue weighted by Gasteiger charge is 2.08. The van der Waals surface area contributed by atoms with Crippen molar-refractivity contribution in [2.75, 3.05) is 6.26 Å². The lowest BCUT2D eigenvalue weighted by molar-refractivity contribution is 0.673. The first kappa shape index (κ1) is 11.4. The van der Waals surface area contributed by atoms with Crippen molar-refractivity contribution in [2.45, 2.75) is 30.6 Å². The minimum atomic E-state index is -2.25. The van der Waals surface area contributed by atoms with Gasteiger partial charge < -0.3 is 0 Å². The molecule has 1 aliphatic carbocycles. The summed E-state index contributed by atoms with van der Waals surface area (Å²) in [6.07, 6.45) is 8.28. The molecule has 1 aliphatic rings. The molecule has 0 unspecified atom stereocenters. The molecule has 0 heterocycles. The third-order valence-electron chi connectivity index (χ3n) is 2.74. The molecule has 0 aromatic heterocycles. The molecule has 0 N–H and O–H groups in total. The van der Waals surface area contributed by atoms with Crippen molar-refractivity contribution in [3.8, 4) is 0 Å². The zero-order valence-electron chi connectivity index (χ0n) is 9.56. The van der Waals surface area contributed by atoms with E-state index in [4.69, 9.17) is 0 Å². The van der Waals surface area contributed by atoms with E-state index < -0.39 is 9.73 Å². The van der Waals surface area contributed by atoms with E-state index in [1.165, 1.54) is 12.8 Å². The van der Waals surface area contributed by atoms with Gasteiger partial charge in [-0.05, 0) is 37.8 Å². The van der Waals surface area contributed by atoms with Crippen LogP contribution < -0.4 is 0 Å². The predicted octanol–water partition coefficient (Wildman–Crippen LogP) is 3.60. The van der Waals surface area contributed by atoms with Gasteiger partial charge in [0, 0.05) is 16.8 Å². The van der Waals surface area contributed by atoms with Gasteiger partial charge in [0.05, 0.1) is 9.73 Å². The van der Waals surface area contributed by atoms with E-state index in [1.54, 1.807) is 6.26 Å². The van der Waals surface area contributed by atoms with E-state index in [1.807, 2.05) is 30.3 Å². The van der Waals surface area contributed by atoms with Gasteiger partial charge in [0.2, 0.25) is 0 Å². The van der Waals surface area contributed by atoms with Gasteiger partial charge in [0.15, 0.2) is 0 Å². The van der Waals surface area contributed by atoms with E-state index in [9.17, 15) is 4.21 Å². The first-order valence-electron chi connectivity index (χ1n) is 5.65. The number of nitrogens with zero attached hydrogens (tertiary/aromatic N) is 1. The van der Waals surface area contributed by atoms with Crippen LogP contribution in [0, 0.1) is 0 Å². The van der Waals surface area contributed by atoms with Crippen molar-refractivity contribution in [1.29, 1.82) is 0 Å². The maximum Gasteiger partial charge on any atom is 0.0768 e. The SMILES string of the molecule is C[S@@](=O)(=NC1=CCCCC1)c1ccccc1. The fraction of sp³-hybridized carbons (Fsp3) is 0.385. The summed E-state index contributed by atoms with van der Waals surface area (Å²) in [5.74, 6) is 0. The standard InChI is InChI=1S/C13H17NOS/c1-16(15,13-10-6-3-7-11-13)14-12-8-4-2-5-9-12/h3,6-8,10-11H,2,4-5,9H2,1H3/t16-/m0/s1. The smallest absolute Gasteiger partial charge is 0.0768 e. The molecule has 0 saturated heterocycles. The molecule has 0 fully saturated rings. The van der Waals surface area contributed by atoms with Gasteiger partial charge in [-0.2, -0.15) is 0 Å². The Labute approximate surface area is 97.6 Å². The van der Waals surface area contributed by atoms with Crippen LogP contribution in [-0.4, -0.2) is 10.5 Å². The molecule has 86 valence electrons. The normalized spacial score (nSPS) is 19.7. The monoisotopic (exact) mass is 235 g/mol. The molecule has 2 nitrogen and oxygen atoms in total. The van der Waals surface area contributed by atoms with E-state index in [0.717, 1.165) is 23.4 Å². The molecule has 1 atom stereocenters. The van der Waals surface area contributed by atoms with Crippen LogP contribution >= 0.6 is 0 Å². The third-order valence-corrected chi connectivity index (χ3v) is 4.47. The van der Waals surface area contributed by atoms with Gasteiger partial charge in [-0.15, -0.1) is 0 Å². The van der Waals surface area contributed by atoms with Crippen molar-refractivity contribution in [1.82, 2.24) is 0 Å². The van der Waals surface area contributed by atoms with E-state index >= 15 is 0 Å². The molecule has 0 aliphatic heterocycles. The Morgan fingerprint density at radius 2 is 1.94 bits per heavy atom. The van der Waals surface area contributed by atoms with Gasteiger partial charge in [-0.25, -0.2) is 8.57 Å². The lowest BCUT2D eigenvalue weighted by Crippen LogP contribution is -1.99. The highest BCUT2D eigenvalue weighted by molar-refractivity contribution is 7.93. The maximum atomic E-state index is 12.4. The van der Waals surface area contributed by atoms with E-state index in [-0.39, 0.29) is 0 Å². The van der Waals surface area contributed by atoms with Crippen molar-refractivity contribution < 1.29 is 4.21 Å². The van der Waals surface area contributed by atoms with Crippen molar-refractivity contribution in [2.24, 2.45) is 4.36 Å². The summed E-state index contributed by atoms with van der Waals surface area (Å²) >= 11 is 0. The average molecular weight is 235 g/mol. The molecule has 0 spiro atoms. The average Bonchev–Trinajstić information content (AvgIpc) is 2.31. The summed E-state index contributed by atoms with van der Waals surface area (Å²) in [7, 11) is -2.25. The zero-order chi connectivity index (χ0) is 11.4. The van der Waals surface area contributed by atoms with Gasteiger partial charge >= 0.3 is 0 Å². The summed E-state index contributed by atoms with van der Waals surface area (Å²) in [5.41, 5.74) is 1.02. The third kappa shape index (κ3) is 2.73. The Morgan fingerprint density at radius 1 is 1.19 bits per heavy atom. The molecule has 0 radical (unpaired) electrons. The molecule has 0 saturated carbocycles. The van der Waals surface area contributed by atoms with E-state index in [0.29, 0.717) is 0 Å². The molecule has 1 aromatic carbocycles. The second-order valence-electron chi connectivity index (χ2n) is 4.15. The number of benzene rings is 1. The number of allylic oxidation sites excluding steroid dienone is 2.